The van der Waals surface area contributed by atoms with E-state index in [1.54, 1.807) is 30.3 Å². The van der Waals surface area contributed by atoms with Crippen molar-refractivity contribution in [1.82, 2.24) is 0 Å². The van der Waals surface area contributed by atoms with Crippen molar-refractivity contribution in [3.63, 3.8) is 0 Å². The van der Waals surface area contributed by atoms with Gasteiger partial charge in [-0.2, -0.15) is 0 Å². The van der Waals surface area contributed by atoms with E-state index in [9.17, 15) is 20.1 Å². The molecule has 2 aromatic rings. The number of aliphatic hydroxyl groups excluding tert-OH is 1. The van der Waals surface area contributed by atoms with Gasteiger partial charge in [-0.15, -0.1) is 0 Å². The number of carbonyl (C=O) groups is 1. The third-order valence-corrected chi connectivity index (χ3v) is 2.44. The van der Waals surface area contributed by atoms with Crippen molar-refractivity contribution < 1.29 is 20.1 Å². The molecule has 0 aliphatic carbocycles. The molecule has 82 valence electrons. The zero-order valence-corrected chi connectivity index (χ0v) is 8.25. The van der Waals surface area contributed by atoms with Crippen molar-refractivity contribution in [1.29, 1.82) is 0 Å². The van der Waals surface area contributed by atoms with E-state index in [1.807, 2.05) is 0 Å². The number of aliphatic hydroxyl groups is 1. The van der Waals surface area contributed by atoms with E-state index in [0.29, 0.717) is 5.39 Å². The molecule has 0 saturated heterocycles. The number of carboxylic acids is 1. The number of carbonyl (C=O) groups excluding carboxylic acids is 1. The molecule has 0 spiro atoms. The number of phenols is 1. The lowest BCUT2D eigenvalue weighted by atomic mass is 9.99. The molecule has 16 heavy (non-hydrogen) atoms. The summed E-state index contributed by atoms with van der Waals surface area (Å²) in [7, 11) is 0. The molecule has 4 nitrogen and oxygen atoms in total. The maximum absolute atomic E-state index is 10.6. The molecule has 0 aliphatic rings. The van der Waals surface area contributed by atoms with Crippen molar-refractivity contribution in [3.8, 4) is 5.75 Å². The van der Waals surface area contributed by atoms with Crippen LogP contribution in [0.1, 0.15) is 11.7 Å². The Labute approximate surface area is 91.4 Å². The van der Waals surface area contributed by atoms with Crippen molar-refractivity contribution in [2.75, 3.05) is 0 Å². The van der Waals surface area contributed by atoms with Gasteiger partial charge in [0.15, 0.2) is 0 Å². The minimum atomic E-state index is -1.83. The molecule has 0 amide bonds. The lowest BCUT2D eigenvalue weighted by Gasteiger charge is -2.16. The van der Waals surface area contributed by atoms with E-state index in [4.69, 9.17) is 0 Å². The maximum atomic E-state index is 10.6. The second-order valence-corrected chi connectivity index (χ2v) is 3.44. The van der Waals surface area contributed by atoms with Crippen LogP contribution in [0, 0.1) is 0 Å². The van der Waals surface area contributed by atoms with Crippen LogP contribution in [0.3, 0.4) is 0 Å². The molecule has 0 aromatic heterocycles. The Hall–Kier alpha value is -2.07. The highest BCUT2D eigenvalue weighted by Gasteiger charge is 2.16. The third-order valence-electron chi connectivity index (χ3n) is 2.44. The van der Waals surface area contributed by atoms with Crippen molar-refractivity contribution >= 4 is 16.7 Å². The lowest BCUT2D eigenvalue weighted by molar-refractivity contribution is -0.315. The highest BCUT2D eigenvalue weighted by Crippen LogP contribution is 2.31. The van der Waals surface area contributed by atoms with Gasteiger partial charge in [0.25, 0.3) is 0 Å². The van der Waals surface area contributed by atoms with Crippen LogP contribution in [0.25, 0.3) is 10.8 Å². The lowest BCUT2D eigenvalue weighted by Crippen LogP contribution is -2.29. The number of fused-ring (bicyclic) bond motifs is 1. The summed E-state index contributed by atoms with van der Waals surface area (Å²) in [4.78, 5) is 10.6. The SMILES string of the molecule is O=C([O-])[C@H](O)c1c(O)ccc2ccccc12. The molecule has 0 fully saturated rings. The molecule has 0 unspecified atom stereocenters. The first-order valence-corrected chi connectivity index (χ1v) is 4.71. The van der Waals surface area contributed by atoms with Crippen LogP contribution in [-0.4, -0.2) is 16.2 Å². The predicted molar refractivity (Wildman–Crippen MR) is 55.6 cm³/mol. The summed E-state index contributed by atoms with van der Waals surface area (Å²) in [6, 6.07) is 9.89. The summed E-state index contributed by atoms with van der Waals surface area (Å²) in [5, 5.41) is 30.9. The van der Waals surface area contributed by atoms with E-state index in [-0.39, 0.29) is 11.3 Å². The van der Waals surface area contributed by atoms with Gasteiger partial charge in [-0.05, 0) is 16.8 Å². The number of benzene rings is 2. The fourth-order valence-corrected chi connectivity index (χ4v) is 1.69. The van der Waals surface area contributed by atoms with Gasteiger partial charge in [0, 0.05) is 5.56 Å². The minimum absolute atomic E-state index is 0.0295. The zero-order valence-electron chi connectivity index (χ0n) is 8.25. The summed E-state index contributed by atoms with van der Waals surface area (Å²) >= 11 is 0. The Morgan fingerprint density at radius 2 is 1.88 bits per heavy atom. The first-order valence-electron chi connectivity index (χ1n) is 4.71. The quantitative estimate of drug-likeness (QED) is 0.759. The molecule has 0 aliphatic heterocycles. The molecule has 2 N–H and O–H groups in total. The molecule has 2 aromatic carbocycles. The number of hydrogen-bond donors (Lipinski definition) is 2. The normalized spacial score (nSPS) is 12.6. The highest BCUT2D eigenvalue weighted by atomic mass is 16.4. The van der Waals surface area contributed by atoms with Gasteiger partial charge in [0.1, 0.15) is 11.9 Å². The molecule has 0 bridgehead atoms. The first-order chi connectivity index (χ1) is 7.61. The zero-order chi connectivity index (χ0) is 11.7. The molecule has 0 heterocycles. The van der Waals surface area contributed by atoms with Crippen LogP contribution in [0.15, 0.2) is 36.4 Å². The van der Waals surface area contributed by atoms with Crippen LogP contribution in [-0.2, 0) is 4.79 Å². The Kier molecular flexibility index (Phi) is 2.50. The van der Waals surface area contributed by atoms with Gasteiger partial charge in [-0.25, -0.2) is 0 Å². The summed E-state index contributed by atoms with van der Waals surface area (Å²) in [5.74, 6) is -1.89. The second-order valence-electron chi connectivity index (χ2n) is 3.44. The number of carboxylic acid groups (broad SMARTS) is 1. The van der Waals surface area contributed by atoms with Crippen LogP contribution in [0.2, 0.25) is 0 Å². The number of aromatic hydroxyl groups is 1. The van der Waals surface area contributed by atoms with Gasteiger partial charge < -0.3 is 20.1 Å². The standard InChI is InChI=1S/C12H10O4/c13-9-6-5-7-3-1-2-4-8(7)10(9)11(14)12(15)16/h1-6,11,13-14H,(H,15,16)/p-1/t11-/m1/s1. The molecule has 2 rings (SSSR count). The van der Waals surface area contributed by atoms with Crippen LogP contribution in [0.4, 0.5) is 0 Å². The molecular formula is C12H9O4-. The molecular weight excluding hydrogens is 208 g/mol. The summed E-state index contributed by atoms with van der Waals surface area (Å²) in [5.41, 5.74) is -0.0295. The van der Waals surface area contributed by atoms with Gasteiger partial charge >= 0.3 is 0 Å². The Morgan fingerprint density at radius 3 is 2.56 bits per heavy atom. The van der Waals surface area contributed by atoms with E-state index in [2.05, 4.69) is 0 Å². The molecule has 0 radical (unpaired) electrons. The van der Waals surface area contributed by atoms with Crippen molar-refractivity contribution in [2.24, 2.45) is 0 Å². The molecule has 4 heteroatoms. The summed E-state index contributed by atoms with van der Waals surface area (Å²) < 4.78 is 0. The highest BCUT2D eigenvalue weighted by molar-refractivity contribution is 5.91. The largest absolute Gasteiger partial charge is 0.547 e. The van der Waals surface area contributed by atoms with E-state index < -0.39 is 12.1 Å². The average Bonchev–Trinajstić information content (AvgIpc) is 2.28. The van der Waals surface area contributed by atoms with Crippen LogP contribution >= 0.6 is 0 Å². The smallest absolute Gasteiger partial charge is 0.123 e. The monoisotopic (exact) mass is 217 g/mol. The average molecular weight is 217 g/mol. The van der Waals surface area contributed by atoms with Crippen molar-refractivity contribution in [3.05, 3.63) is 42.0 Å². The van der Waals surface area contributed by atoms with Crippen molar-refractivity contribution in [2.45, 2.75) is 6.10 Å². The molecule has 1 atom stereocenters. The Morgan fingerprint density at radius 1 is 1.19 bits per heavy atom. The van der Waals surface area contributed by atoms with E-state index >= 15 is 0 Å². The number of phenolic OH excluding ortho intramolecular Hbond substituents is 1. The van der Waals surface area contributed by atoms with Crippen LogP contribution in [0.5, 0.6) is 5.75 Å². The van der Waals surface area contributed by atoms with E-state index in [1.165, 1.54) is 6.07 Å². The van der Waals surface area contributed by atoms with Gasteiger partial charge in [-0.1, -0.05) is 30.3 Å². The summed E-state index contributed by atoms with van der Waals surface area (Å²) in [6.07, 6.45) is -1.83. The molecule has 0 saturated carbocycles. The van der Waals surface area contributed by atoms with Crippen LogP contribution < -0.4 is 5.11 Å². The fraction of sp³-hybridized carbons (Fsp3) is 0.0833. The predicted octanol–water partition coefficient (Wildman–Crippen LogP) is 0.329. The number of rotatable bonds is 2. The van der Waals surface area contributed by atoms with Gasteiger partial charge in [-0.3, -0.25) is 0 Å². The number of hydrogen-bond acceptors (Lipinski definition) is 4. The van der Waals surface area contributed by atoms with Gasteiger partial charge in [0.2, 0.25) is 0 Å². The number of aliphatic carboxylic acids is 1. The Balaban J connectivity index is 2.75. The fourth-order valence-electron chi connectivity index (χ4n) is 1.69. The summed E-state index contributed by atoms with van der Waals surface area (Å²) in [6.45, 7) is 0. The first kappa shape index (κ1) is 10.4. The Bertz CT molecular complexity index is 548. The minimum Gasteiger partial charge on any atom is -0.547 e. The third kappa shape index (κ3) is 1.59. The topological polar surface area (TPSA) is 80.6 Å². The van der Waals surface area contributed by atoms with E-state index in [0.717, 1.165) is 5.39 Å². The van der Waals surface area contributed by atoms with Gasteiger partial charge in [0.05, 0.1) is 5.97 Å². The second kappa shape index (κ2) is 3.83. The maximum Gasteiger partial charge on any atom is 0.123 e.